The number of aromatic nitrogens is 1. The Balaban J connectivity index is 2.12. The Hall–Kier alpha value is -2.07. The number of hydrogen-bond acceptors (Lipinski definition) is 3. The summed E-state index contributed by atoms with van der Waals surface area (Å²) in [4.78, 5) is 20.3. The van der Waals surface area contributed by atoms with Crippen molar-refractivity contribution in [2.45, 2.75) is 18.9 Å². The lowest BCUT2D eigenvalue weighted by Crippen LogP contribution is -2.32. The number of carbonyl (C=O) groups excluding carboxylic acids is 1. The summed E-state index contributed by atoms with van der Waals surface area (Å²) in [5, 5.41) is 3.32. The maximum absolute atomic E-state index is 11.8. The van der Waals surface area contributed by atoms with Crippen LogP contribution in [-0.4, -0.2) is 28.9 Å². The van der Waals surface area contributed by atoms with E-state index in [1.54, 1.807) is 17.3 Å². The Morgan fingerprint density at radius 1 is 1.71 bits per heavy atom. The van der Waals surface area contributed by atoms with Crippen molar-refractivity contribution < 1.29 is 4.79 Å². The van der Waals surface area contributed by atoms with E-state index >= 15 is 0 Å². The highest BCUT2D eigenvalue weighted by molar-refractivity contribution is 5.79. The third-order valence-corrected chi connectivity index (χ3v) is 2.91. The minimum atomic E-state index is -0.117. The highest BCUT2D eigenvalue weighted by atomic mass is 16.2. The molecule has 0 saturated carbocycles. The van der Waals surface area contributed by atoms with Crippen molar-refractivity contribution in [3.63, 3.8) is 0 Å². The Labute approximate surface area is 98.9 Å². The summed E-state index contributed by atoms with van der Waals surface area (Å²) in [6.07, 6.45) is 5.41. The van der Waals surface area contributed by atoms with Gasteiger partial charge in [-0.1, -0.05) is 11.2 Å². The van der Waals surface area contributed by atoms with Gasteiger partial charge in [0.15, 0.2) is 0 Å². The third-order valence-electron chi connectivity index (χ3n) is 2.91. The van der Waals surface area contributed by atoms with Crippen LogP contribution in [0.3, 0.4) is 0 Å². The van der Waals surface area contributed by atoms with Gasteiger partial charge in [-0.2, -0.15) is 0 Å². The fourth-order valence-electron chi connectivity index (χ4n) is 2.17. The summed E-state index contributed by atoms with van der Waals surface area (Å²) in [7, 11) is 0. The smallest absolute Gasteiger partial charge is 0.228 e. The number of pyridine rings is 1. The van der Waals surface area contributed by atoms with Crippen molar-refractivity contribution in [2.75, 3.05) is 13.1 Å². The van der Waals surface area contributed by atoms with Crippen LogP contribution in [0.1, 0.15) is 24.4 Å². The van der Waals surface area contributed by atoms with Gasteiger partial charge in [-0.05, 0) is 30.0 Å². The number of hydrogen-bond donors (Lipinski definition) is 0. The van der Waals surface area contributed by atoms with Gasteiger partial charge in [-0.25, -0.2) is 0 Å². The molecule has 1 aliphatic heterocycles. The molecule has 1 saturated heterocycles. The molecular weight excluding hydrogens is 218 g/mol. The Morgan fingerprint density at radius 2 is 2.59 bits per heavy atom. The lowest BCUT2D eigenvalue weighted by Gasteiger charge is -2.24. The van der Waals surface area contributed by atoms with Crippen LogP contribution in [0.25, 0.3) is 10.4 Å². The topological polar surface area (TPSA) is 82.0 Å². The normalized spacial score (nSPS) is 18.8. The zero-order valence-electron chi connectivity index (χ0n) is 9.36. The summed E-state index contributed by atoms with van der Waals surface area (Å²) in [5.74, 6) is -0.117. The predicted octanol–water partition coefficient (Wildman–Crippen LogP) is 2.06. The number of carbonyl (C=O) groups is 1. The molecule has 1 aromatic heterocycles. The molecule has 1 aromatic rings. The molecule has 2 heterocycles. The molecule has 0 spiro atoms. The lowest BCUT2D eigenvalue weighted by atomic mass is 10.1. The minimum Gasteiger partial charge on any atom is -0.335 e. The average Bonchev–Trinajstić information content (AvgIpc) is 2.86. The summed E-state index contributed by atoms with van der Waals surface area (Å²) >= 11 is 0. The SMILES string of the molecule is [N-]=[N+]=NCC(=O)N1CCC[C@H]1c1cccnc1. The van der Waals surface area contributed by atoms with Crippen LogP contribution in [0.4, 0.5) is 0 Å². The molecule has 0 aliphatic carbocycles. The molecule has 6 heteroatoms. The fraction of sp³-hybridized carbons (Fsp3) is 0.455. The van der Waals surface area contributed by atoms with Crippen molar-refractivity contribution in [1.82, 2.24) is 9.88 Å². The molecule has 1 fully saturated rings. The van der Waals surface area contributed by atoms with Crippen LogP contribution in [0.5, 0.6) is 0 Å². The minimum absolute atomic E-state index is 0.0742. The molecule has 1 atom stereocenters. The number of amides is 1. The summed E-state index contributed by atoms with van der Waals surface area (Å²) in [5.41, 5.74) is 9.26. The zero-order chi connectivity index (χ0) is 12.1. The first-order valence-corrected chi connectivity index (χ1v) is 5.53. The molecule has 0 N–H and O–H groups in total. The standard InChI is InChI=1S/C11H13N5O/c12-15-14-8-11(17)16-6-2-4-10(16)9-3-1-5-13-7-9/h1,3,5,7,10H,2,4,6,8H2/t10-/m0/s1. The molecule has 1 amide bonds. The van der Waals surface area contributed by atoms with E-state index < -0.39 is 0 Å². The van der Waals surface area contributed by atoms with E-state index in [0.717, 1.165) is 24.9 Å². The van der Waals surface area contributed by atoms with E-state index in [1.165, 1.54) is 0 Å². The van der Waals surface area contributed by atoms with Gasteiger partial charge >= 0.3 is 0 Å². The Kier molecular flexibility index (Phi) is 3.57. The van der Waals surface area contributed by atoms with Crippen LogP contribution < -0.4 is 0 Å². The first kappa shape index (κ1) is 11.4. The van der Waals surface area contributed by atoms with Crippen molar-refractivity contribution in [3.05, 3.63) is 40.5 Å². The van der Waals surface area contributed by atoms with Crippen LogP contribution in [0, 0.1) is 0 Å². The van der Waals surface area contributed by atoms with Gasteiger partial charge in [0.2, 0.25) is 5.91 Å². The summed E-state index contributed by atoms with van der Waals surface area (Å²) < 4.78 is 0. The Morgan fingerprint density at radius 3 is 3.29 bits per heavy atom. The van der Waals surface area contributed by atoms with Crippen LogP contribution in [-0.2, 0) is 4.79 Å². The fourth-order valence-corrected chi connectivity index (χ4v) is 2.17. The molecule has 2 rings (SSSR count). The van der Waals surface area contributed by atoms with Crippen molar-refractivity contribution in [2.24, 2.45) is 5.11 Å². The van der Waals surface area contributed by atoms with E-state index in [1.807, 2.05) is 12.1 Å². The summed E-state index contributed by atoms with van der Waals surface area (Å²) in [6, 6.07) is 3.91. The van der Waals surface area contributed by atoms with Gasteiger partial charge in [0.1, 0.15) is 6.54 Å². The molecule has 1 aliphatic rings. The quantitative estimate of drug-likeness (QED) is 0.453. The first-order valence-electron chi connectivity index (χ1n) is 5.53. The number of rotatable bonds is 3. The average molecular weight is 231 g/mol. The predicted molar refractivity (Wildman–Crippen MR) is 61.9 cm³/mol. The number of likely N-dealkylation sites (tertiary alicyclic amines) is 1. The molecule has 6 nitrogen and oxygen atoms in total. The van der Waals surface area contributed by atoms with Gasteiger partial charge < -0.3 is 4.90 Å². The van der Waals surface area contributed by atoms with E-state index in [2.05, 4.69) is 15.0 Å². The molecule has 0 radical (unpaired) electrons. The van der Waals surface area contributed by atoms with Gasteiger partial charge in [0.25, 0.3) is 0 Å². The van der Waals surface area contributed by atoms with Gasteiger partial charge in [-0.15, -0.1) is 0 Å². The van der Waals surface area contributed by atoms with Crippen molar-refractivity contribution in [1.29, 1.82) is 0 Å². The summed E-state index contributed by atoms with van der Waals surface area (Å²) in [6.45, 7) is 0.618. The zero-order valence-corrected chi connectivity index (χ0v) is 9.36. The van der Waals surface area contributed by atoms with Crippen molar-refractivity contribution >= 4 is 5.91 Å². The second-order valence-electron chi connectivity index (χ2n) is 3.92. The number of azide groups is 1. The molecular formula is C11H13N5O. The van der Waals surface area contributed by atoms with Crippen LogP contribution in [0.15, 0.2) is 29.6 Å². The highest BCUT2D eigenvalue weighted by Crippen LogP contribution is 2.31. The second kappa shape index (κ2) is 5.32. The second-order valence-corrected chi connectivity index (χ2v) is 3.92. The van der Waals surface area contributed by atoms with Gasteiger partial charge in [0.05, 0.1) is 6.04 Å². The van der Waals surface area contributed by atoms with E-state index in [0.29, 0.717) is 0 Å². The molecule has 0 aromatic carbocycles. The van der Waals surface area contributed by atoms with Gasteiger partial charge in [0, 0.05) is 23.9 Å². The molecule has 0 unspecified atom stereocenters. The van der Waals surface area contributed by atoms with Crippen molar-refractivity contribution in [3.8, 4) is 0 Å². The maximum atomic E-state index is 11.8. The van der Waals surface area contributed by atoms with E-state index in [-0.39, 0.29) is 18.5 Å². The first-order chi connectivity index (χ1) is 8.33. The largest absolute Gasteiger partial charge is 0.335 e. The third kappa shape index (κ3) is 2.54. The molecule has 17 heavy (non-hydrogen) atoms. The lowest BCUT2D eigenvalue weighted by molar-refractivity contribution is -0.130. The van der Waals surface area contributed by atoms with E-state index in [9.17, 15) is 4.79 Å². The maximum Gasteiger partial charge on any atom is 0.228 e. The van der Waals surface area contributed by atoms with Gasteiger partial charge in [-0.3, -0.25) is 9.78 Å². The van der Waals surface area contributed by atoms with E-state index in [4.69, 9.17) is 5.53 Å². The Bertz CT molecular complexity index is 440. The van der Waals surface area contributed by atoms with Crippen LogP contribution >= 0.6 is 0 Å². The monoisotopic (exact) mass is 231 g/mol. The molecule has 0 bridgehead atoms. The van der Waals surface area contributed by atoms with Crippen LogP contribution in [0.2, 0.25) is 0 Å². The molecule has 88 valence electrons. The number of nitrogens with zero attached hydrogens (tertiary/aromatic N) is 5. The highest BCUT2D eigenvalue weighted by Gasteiger charge is 2.29.